The van der Waals surface area contributed by atoms with Gasteiger partial charge in [-0.3, -0.25) is 4.79 Å². The zero-order valence-electron chi connectivity index (χ0n) is 14.7. The summed E-state index contributed by atoms with van der Waals surface area (Å²) in [6.07, 6.45) is 1.63. The van der Waals surface area contributed by atoms with E-state index in [4.69, 9.17) is 4.74 Å². The molecule has 0 bridgehead atoms. The van der Waals surface area contributed by atoms with Crippen LogP contribution in [0, 0.1) is 5.82 Å². The fourth-order valence-electron chi connectivity index (χ4n) is 2.90. The van der Waals surface area contributed by atoms with Crippen molar-refractivity contribution in [2.75, 3.05) is 6.61 Å². The van der Waals surface area contributed by atoms with Gasteiger partial charge in [0, 0.05) is 17.1 Å². The molecule has 0 fully saturated rings. The summed E-state index contributed by atoms with van der Waals surface area (Å²) < 4.78 is 18.5. The quantitative estimate of drug-likeness (QED) is 0.415. The van der Waals surface area contributed by atoms with Crippen LogP contribution in [0.3, 0.4) is 0 Å². The Bertz CT molecular complexity index is 1150. The summed E-state index contributed by atoms with van der Waals surface area (Å²) in [6, 6.07) is 17.9. The van der Waals surface area contributed by atoms with Crippen molar-refractivity contribution in [3.05, 3.63) is 90.0 Å². The molecule has 4 rings (SSSR count). The summed E-state index contributed by atoms with van der Waals surface area (Å²) in [4.78, 5) is 32.1. The van der Waals surface area contributed by atoms with Crippen molar-refractivity contribution < 1.29 is 18.7 Å². The van der Waals surface area contributed by atoms with E-state index in [9.17, 15) is 14.0 Å². The number of benzene rings is 2. The van der Waals surface area contributed by atoms with Gasteiger partial charge in [-0.05, 0) is 48.5 Å². The second-order valence-corrected chi connectivity index (χ2v) is 6.16. The highest BCUT2D eigenvalue weighted by molar-refractivity contribution is 6.06. The number of hydrogen-bond donors (Lipinski definition) is 1. The summed E-state index contributed by atoms with van der Waals surface area (Å²) in [5, 5.41) is 0.616. The van der Waals surface area contributed by atoms with E-state index < -0.39 is 5.97 Å². The highest BCUT2D eigenvalue weighted by Gasteiger charge is 2.17. The van der Waals surface area contributed by atoms with Crippen LogP contribution in [0.25, 0.3) is 22.2 Å². The SMILES string of the molecule is O=C(COC(=O)c1cc(-c2ccc(F)cc2)nc2ccccc12)c1ccc[nH]1. The van der Waals surface area contributed by atoms with Gasteiger partial charge in [-0.2, -0.15) is 0 Å². The predicted octanol–water partition coefficient (Wildman–Crippen LogP) is 4.41. The van der Waals surface area contributed by atoms with E-state index in [1.165, 1.54) is 12.1 Å². The number of carbonyl (C=O) groups excluding carboxylic acids is 2. The highest BCUT2D eigenvalue weighted by Crippen LogP contribution is 2.25. The zero-order chi connectivity index (χ0) is 19.5. The number of nitrogens with zero attached hydrogens (tertiary/aromatic N) is 1. The minimum Gasteiger partial charge on any atom is -0.454 e. The fourth-order valence-corrected chi connectivity index (χ4v) is 2.90. The van der Waals surface area contributed by atoms with Crippen molar-refractivity contribution in [1.82, 2.24) is 9.97 Å². The number of carbonyl (C=O) groups is 2. The molecule has 0 amide bonds. The molecule has 0 aliphatic heterocycles. The summed E-state index contributed by atoms with van der Waals surface area (Å²) >= 11 is 0. The normalized spacial score (nSPS) is 10.8. The lowest BCUT2D eigenvalue weighted by atomic mass is 10.0. The molecular formula is C22H15FN2O3. The molecule has 2 aromatic carbocycles. The van der Waals surface area contributed by atoms with Gasteiger partial charge in [-0.15, -0.1) is 0 Å². The summed E-state index contributed by atoms with van der Waals surface area (Å²) in [7, 11) is 0. The van der Waals surface area contributed by atoms with Gasteiger partial charge in [0.05, 0.1) is 22.5 Å². The van der Waals surface area contributed by atoms with Gasteiger partial charge in [0.15, 0.2) is 6.61 Å². The highest BCUT2D eigenvalue weighted by atomic mass is 19.1. The summed E-state index contributed by atoms with van der Waals surface area (Å²) in [5.74, 6) is -1.30. The van der Waals surface area contributed by atoms with E-state index in [1.54, 1.807) is 54.7 Å². The molecule has 1 N–H and O–H groups in total. The van der Waals surface area contributed by atoms with Gasteiger partial charge in [0.2, 0.25) is 5.78 Å². The number of halogens is 1. The molecule has 4 aromatic rings. The molecular weight excluding hydrogens is 359 g/mol. The van der Waals surface area contributed by atoms with E-state index in [2.05, 4.69) is 9.97 Å². The average molecular weight is 374 g/mol. The molecule has 0 spiro atoms. The Morgan fingerprint density at radius 2 is 1.79 bits per heavy atom. The third-order valence-corrected chi connectivity index (χ3v) is 4.31. The van der Waals surface area contributed by atoms with Crippen LogP contribution >= 0.6 is 0 Å². The van der Waals surface area contributed by atoms with Crippen molar-refractivity contribution in [2.45, 2.75) is 0 Å². The van der Waals surface area contributed by atoms with Crippen molar-refractivity contribution >= 4 is 22.7 Å². The number of aromatic amines is 1. The number of rotatable bonds is 5. The number of Topliss-reactive ketones (excluding diaryl/α,β-unsaturated/α-hetero) is 1. The van der Waals surface area contributed by atoms with Crippen LogP contribution < -0.4 is 0 Å². The number of H-pyrrole nitrogens is 1. The number of ketones is 1. The smallest absolute Gasteiger partial charge is 0.339 e. The first-order valence-corrected chi connectivity index (χ1v) is 8.61. The molecule has 5 nitrogen and oxygen atoms in total. The van der Waals surface area contributed by atoms with Crippen LogP contribution in [0.1, 0.15) is 20.8 Å². The van der Waals surface area contributed by atoms with Gasteiger partial charge in [-0.25, -0.2) is 14.2 Å². The monoisotopic (exact) mass is 374 g/mol. The maximum Gasteiger partial charge on any atom is 0.339 e. The van der Waals surface area contributed by atoms with Crippen LogP contribution in [-0.2, 0) is 4.74 Å². The molecule has 138 valence electrons. The number of pyridine rings is 1. The lowest BCUT2D eigenvalue weighted by Gasteiger charge is -2.10. The predicted molar refractivity (Wildman–Crippen MR) is 103 cm³/mol. The number of hydrogen-bond acceptors (Lipinski definition) is 4. The van der Waals surface area contributed by atoms with Gasteiger partial charge in [-0.1, -0.05) is 18.2 Å². The molecule has 0 saturated carbocycles. The van der Waals surface area contributed by atoms with Crippen molar-refractivity contribution in [3.63, 3.8) is 0 Å². The third-order valence-electron chi connectivity index (χ3n) is 4.31. The van der Waals surface area contributed by atoms with Crippen molar-refractivity contribution in [1.29, 1.82) is 0 Å². The van der Waals surface area contributed by atoms with Crippen LogP contribution in [0.15, 0.2) is 72.9 Å². The Hall–Kier alpha value is -3.80. The number of esters is 1. The Morgan fingerprint density at radius 1 is 1.00 bits per heavy atom. The second kappa shape index (κ2) is 7.44. The Labute approximate surface area is 159 Å². The number of ether oxygens (including phenoxy) is 1. The van der Waals surface area contributed by atoms with Gasteiger partial charge in [0.25, 0.3) is 0 Å². The van der Waals surface area contributed by atoms with E-state index in [1.807, 2.05) is 6.07 Å². The van der Waals surface area contributed by atoms with Gasteiger partial charge in [0.1, 0.15) is 5.82 Å². The molecule has 2 aromatic heterocycles. The maximum atomic E-state index is 13.2. The lowest BCUT2D eigenvalue weighted by Crippen LogP contribution is -2.15. The van der Waals surface area contributed by atoms with Crippen molar-refractivity contribution in [3.8, 4) is 11.3 Å². The number of fused-ring (bicyclic) bond motifs is 1. The topological polar surface area (TPSA) is 72.1 Å². The molecule has 0 saturated heterocycles. The standard InChI is InChI=1S/C22H15FN2O3/c23-15-9-7-14(8-10-15)20-12-17(16-4-1-2-5-18(16)25-20)22(27)28-13-21(26)19-6-3-11-24-19/h1-12,24H,13H2. The molecule has 0 aliphatic rings. The fraction of sp³-hybridized carbons (Fsp3) is 0.0455. The van der Waals surface area contributed by atoms with Gasteiger partial charge >= 0.3 is 5.97 Å². The molecule has 0 radical (unpaired) electrons. The molecule has 0 unspecified atom stereocenters. The first-order chi connectivity index (χ1) is 13.6. The van der Waals surface area contributed by atoms with Crippen LogP contribution in [0.2, 0.25) is 0 Å². The first kappa shape index (κ1) is 17.6. The van der Waals surface area contributed by atoms with Gasteiger partial charge < -0.3 is 9.72 Å². The second-order valence-electron chi connectivity index (χ2n) is 6.16. The molecule has 0 atom stereocenters. The van der Waals surface area contributed by atoms with Crippen LogP contribution in [0.4, 0.5) is 4.39 Å². The zero-order valence-corrected chi connectivity index (χ0v) is 14.7. The molecule has 28 heavy (non-hydrogen) atoms. The lowest BCUT2D eigenvalue weighted by molar-refractivity contribution is 0.0475. The Kier molecular flexibility index (Phi) is 4.68. The molecule has 2 heterocycles. The van der Waals surface area contributed by atoms with E-state index >= 15 is 0 Å². The Balaban J connectivity index is 1.67. The summed E-state index contributed by atoms with van der Waals surface area (Å²) in [6.45, 7) is -0.373. The number of aromatic nitrogens is 2. The van der Waals surface area contributed by atoms with Crippen LogP contribution in [0.5, 0.6) is 0 Å². The Morgan fingerprint density at radius 3 is 2.54 bits per heavy atom. The average Bonchev–Trinajstić information content (AvgIpc) is 3.26. The molecule has 0 aliphatic carbocycles. The van der Waals surface area contributed by atoms with Crippen molar-refractivity contribution in [2.24, 2.45) is 0 Å². The third kappa shape index (κ3) is 3.53. The number of nitrogens with one attached hydrogen (secondary N) is 1. The summed E-state index contributed by atoms with van der Waals surface area (Å²) in [5.41, 5.74) is 2.46. The molecule has 6 heteroatoms. The minimum atomic E-state index is -0.623. The minimum absolute atomic E-state index is 0.296. The van der Waals surface area contributed by atoms with E-state index in [0.29, 0.717) is 33.4 Å². The van der Waals surface area contributed by atoms with Crippen LogP contribution in [-0.4, -0.2) is 28.3 Å². The first-order valence-electron chi connectivity index (χ1n) is 8.61. The maximum absolute atomic E-state index is 13.2. The van der Waals surface area contributed by atoms with E-state index in [0.717, 1.165) is 0 Å². The largest absolute Gasteiger partial charge is 0.454 e. The number of para-hydroxylation sites is 1. The van der Waals surface area contributed by atoms with E-state index in [-0.39, 0.29) is 18.2 Å².